The highest BCUT2D eigenvalue weighted by Gasteiger charge is 2.27. The number of nitrogens with two attached hydrogens (primary N) is 1. The number of halogens is 1. The topological polar surface area (TPSA) is 75.8 Å². The Hall–Kier alpha value is -1.92. The zero-order valence-electron chi connectivity index (χ0n) is 16.4. The molecule has 0 aromatic heterocycles. The van der Waals surface area contributed by atoms with E-state index in [1.54, 1.807) is 7.05 Å². The quantitative estimate of drug-likeness (QED) is 0.658. The Morgan fingerprint density at radius 3 is 2.46 bits per heavy atom. The standard InChI is InChI=1S/C20H31FN2O3/c1-7-20(5,26-14(2)13-22)10-11-23(6)18(24)15-8-9-16(17(21)12-15)19(3,4)25/h8-9,12,25H,2,7,10-11,13,22H2,1,3-6H3. The monoisotopic (exact) mass is 366 g/mol. The first kappa shape index (κ1) is 22.1. The molecule has 1 amide bonds. The highest BCUT2D eigenvalue weighted by molar-refractivity contribution is 5.94. The largest absolute Gasteiger partial charge is 0.491 e. The van der Waals surface area contributed by atoms with Crippen LogP contribution in [0.15, 0.2) is 30.5 Å². The number of carbonyl (C=O) groups excluding carboxylic acids is 1. The van der Waals surface area contributed by atoms with Crippen LogP contribution in [0, 0.1) is 5.82 Å². The van der Waals surface area contributed by atoms with Gasteiger partial charge in [0.15, 0.2) is 0 Å². The second-order valence-electron chi connectivity index (χ2n) is 7.38. The highest BCUT2D eigenvalue weighted by Crippen LogP contribution is 2.25. The van der Waals surface area contributed by atoms with Crippen LogP contribution in [0.1, 0.15) is 56.5 Å². The summed E-state index contributed by atoms with van der Waals surface area (Å²) in [6.45, 7) is 11.4. The summed E-state index contributed by atoms with van der Waals surface area (Å²) in [5, 5.41) is 9.94. The summed E-state index contributed by atoms with van der Waals surface area (Å²) in [6, 6.07) is 4.14. The van der Waals surface area contributed by atoms with Gasteiger partial charge in [0.2, 0.25) is 0 Å². The van der Waals surface area contributed by atoms with Crippen LogP contribution in [0.25, 0.3) is 0 Å². The fourth-order valence-electron chi connectivity index (χ4n) is 2.56. The molecule has 0 spiro atoms. The van der Waals surface area contributed by atoms with Gasteiger partial charge in [0.05, 0.1) is 12.1 Å². The number of amides is 1. The first-order chi connectivity index (χ1) is 11.9. The molecular formula is C20H31FN2O3. The normalized spacial score (nSPS) is 13.8. The van der Waals surface area contributed by atoms with Gasteiger partial charge in [-0.25, -0.2) is 4.39 Å². The third-order valence-corrected chi connectivity index (χ3v) is 4.56. The molecule has 6 heteroatoms. The maximum absolute atomic E-state index is 14.2. The van der Waals surface area contributed by atoms with Crippen molar-refractivity contribution in [2.75, 3.05) is 20.1 Å². The van der Waals surface area contributed by atoms with Crippen LogP contribution in [0.5, 0.6) is 0 Å². The van der Waals surface area contributed by atoms with E-state index in [0.717, 1.165) is 12.5 Å². The Kier molecular flexibility index (Phi) is 7.35. The van der Waals surface area contributed by atoms with Gasteiger partial charge in [-0.2, -0.15) is 0 Å². The molecule has 1 atom stereocenters. The molecular weight excluding hydrogens is 335 g/mol. The lowest BCUT2D eigenvalue weighted by atomic mass is 9.96. The van der Waals surface area contributed by atoms with Crippen LogP contribution in [0.4, 0.5) is 4.39 Å². The lowest BCUT2D eigenvalue weighted by Crippen LogP contribution is -2.36. The maximum atomic E-state index is 14.2. The van der Waals surface area contributed by atoms with Gasteiger partial charge in [-0.1, -0.05) is 19.6 Å². The average Bonchev–Trinajstić information content (AvgIpc) is 2.57. The van der Waals surface area contributed by atoms with E-state index in [9.17, 15) is 14.3 Å². The summed E-state index contributed by atoms with van der Waals surface area (Å²) >= 11 is 0. The van der Waals surface area contributed by atoms with Gasteiger partial charge in [-0.05, 0) is 39.3 Å². The number of carbonyl (C=O) groups is 1. The molecule has 0 heterocycles. The van der Waals surface area contributed by atoms with E-state index in [0.29, 0.717) is 18.7 Å². The Morgan fingerprint density at radius 1 is 1.38 bits per heavy atom. The van der Waals surface area contributed by atoms with E-state index in [4.69, 9.17) is 10.5 Å². The van der Waals surface area contributed by atoms with Crippen molar-refractivity contribution in [2.24, 2.45) is 5.73 Å². The van der Waals surface area contributed by atoms with E-state index in [1.165, 1.54) is 30.9 Å². The van der Waals surface area contributed by atoms with Crippen LogP contribution < -0.4 is 5.73 Å². The van der Waals surface area contributed by atoms with Gasteiger partial charge in [0.1, 0.15) is 17.2 Å². The summed E-state index contributed by atoms with van der Waals surface area (Å²) in [6.07, 6.45) is 1.33. The predicted octanol–water partition coefficient (Wildman–Crippen LogP) is 3.17. The summed E-state index contributed by atoms with van der Waals surface area (Å²) in [7, 11) is 1.66. The van der Waals surface area contributed by atoms with Crippen LogP contribution in [-0.2, 0) is 10.3 Å². The van der Waals surface area contributed by atoms with Crippen molar-refractivity contribution in [1.82, 2.24) is 4.90 Å². The molecule has 0 saturated carbocycles. The number of hydrogen-bond acceptors (Lipinski definition) is 4. The molecule has 0 fully saturated rings. The molecule has 1 unspecified atom stereocenters. The van der Waals surface area contributed by atoms with Crippen LogP contribution in [0.2, 0.25) is 0 Å². The summed E-state index contributed by atoms with van der Waals surface area (Å²) < 4.78 is 20.0. The fraction of sp³-hybridized carbons (Fsp3) is 0.550. The Balaban J connectivity index is 2.81. The number of rotatable bonds is 9. The van der Waals surface area contributed by atoms with E-state index in [1.807, 2.05) is 13.8 Å². The molecule has 0 aliphatic heterocycles. The first-order valence-corrected chi connectivity index (χ1v) is 8.78. The van der Waals surface area contributed by atoms with E-state index in [2.05, 4.69) is 6.58 Å². The maximum Gasteiger partial charge on any atom is 0.253 e. The molecule has 1 aromatic carbocycles. The molecule has 26 heavy (non-hydrogen) atoms. The van der Waals surface area contributed by atoms with Crippen LogP contribution in [0.3, 0.4) is 0 Å². The predicted molar refractivity (Wildman–Crippen MR) is 101 cm³/mol. The molecule has 5 nitrogen and oxygen atoms in total. The SMILES string of the molecule is C=C(CN)OC(C)(CC)CCN(C)C(=O)c1ccc(C(C)(C)O)c(F)c1. The van der Waals surface area contributed by atoms with Crippen molar-refractivity contribution in [3.63, 3.8) is 0 Å². The van der Waals surface area contributed by atoms with Crippen molar-refractivity contribution in [3.8, 4) is 0 Å². The van der Waals surface area contributed by atoms with Crippen LogP contribution >= 0.6 is 0 Å². The van der Waals surface area contributed by atoms with Crippen LogP contribution in [-0.4, -0.2) is 41.7 Å². The average molecular weight is 366 g/mol. The Labute approximate surface area is 155 Å². The zero-order chi connectivity index (χ0) is 20.1. The lowest BCUT2D eigenvalue weighted by Gasteiger charge is -2.32. The number of hydrogen-bond donors (Lipinski definition) is 2. The molecule has 1 aromatic rings. The number of ether oxygens (including phenoxy) is 1. The van der Waals surface area contributed by atoms with Gasteiger partial charge in [-0.15, -0.1) is 0 Å². The molecule has 0 aliphatic carbocycles. The van der Waals surface area contributed by atoms with Crippen molar-refractivity contribution in [3.05, 3.63) is 47.5 Å². The van der Waals surface area contributed by atoms with Crippen molar-refractivity contribution in [2.45, 2.75) is 51.7 Å². The molecule has 146 valence electrons. The summed E-state index contributed by atoms with van der Waals surface area (Å²) in [5.41, 5.74) is 4.15. The van der Waals surface area contributed by atoms with E-state index >= 15 is 0 Å². The third-order valence-electron chi connectivity index (χ3n) is 4.56. The first-order valence-electron chi connectivity index (χ1n) is 8.78. The second-order valence-corrected chi connectivity index (χ2v) is 7.38. The Bertz CT molecular complexity index is 655. The molecule has 3 N–H and O–H groups in total. The smallest absolute Gasteiger partial charge is 0.253 e. The minimum atomic E-state index is -1.30. The van der Waals surface area contributed by atoms with E-state index in [-0.39, 0.29) is 23.6 Å². The summed E-state index contributed by atoms with van der Waals surface area (Å²) in [4.78, 5) is 14.1. The van der Waals surface area contributed by atoms with Crippen molar-refractivity contribution >= 4 is 5.91 Å². The third kappa shape index (κ3) is 5.81. The second kappa shape index (κ2) is 8.64. The number of aliphatic hydroxyl groups is 1. The summed E-state index contributed by atoms with van der Waals surface area (Å²) in [5.74, 6) is -0.382. The molecule has 0 saturated heterocycles. The van der Waals surface area contributed by atoms with Gasteiger partial charge < -0.3 is 20.5 Å². The van der Waals surface area contributed by atoms with Crippen molar-refractivity contribution in [1.29, 1.82) is 0 Å². The van der Waals surface area contributed by atoms with Gasteiger partial charge in [0, 0.05) is 31.1 Å². The zero-order valence-corrected chi connectivity index (χ0v) is 16.4. The highest BCUT2D eigenvalue weighted by atomic mass is 19.1. The lowest BCUT2D eigenvalue weighted by molar-refractivity contribution is 0.00157. The molecule has 0 bridgehead atoms. The Morgan fingerprint density at radius 2 is 2.00 bits per heavy atom. The van der Waals surface area contributed by atoms with Crippen molar-refractivity contribution < 1.29 is 19.0 Å². The van der Waals surface area contributed by atoms with Gasteiger partial charge in [0.25, 0.3) is 5.91 Å². The van der Waals surface area contributed by atoms with Gasteiger partial charge in [-0.3, -0.25) is 4.79 Å². The molecule has 0 radical (unpaired) electrons. The minimum absolute atomic E-state index is 0.156. The number of nitrogens with zero attached hydrogens (tertiary/aromatic N) is 1. The van der Waals surface area contributed by atoms with Gasteiger partial charge >= 0.3 is 0 Å². The minimum Gasteiger partial charge on any atom is -0.491 e. The van der Waals surface area contributed by atoms with E-state index < -0.39 is 17.0 Å². The molecule has 1 rings (SSSR count). The number of benzene rings is 1. The molecule has 0 aliphatic rings. The fourth-order valence-corrected chi connectivity index (χ4v) is 2.56.